The maximum absolute atomic E-state index is 10.9. The van der Waals surface area contributed by atoms with Crippen molar-refractivity contribution in [3.8, 4) is 0 Å². The summed E-state index contributed by atoms with van der Waals surface area (Å²) in [5.74, 6) is 0.688. The molecule has 0 rings (SSSR count). The fourth-order valence-electron chi connectivity index (χ4n) is 1.06. The molecule has 0 aliphatic rings. The number of rotatable bonds is 6. The van der Waals surface area contributed by atoms with Crippen LogP contribution in [0.25, 0.3) is 0 Å². The molecule has 0 spiro atoms. The first-order chi connectivity index (χ1) is 5.66. The Morgan fingerprint density at radius 2 is 1.92 bits per heavy atom. The molecule has 0 amide bonds. The second kappa shape index (κ2) is 10.4. The average molecular weight is 384 g/mol. The topological polar surface area (TPSA) is 26.3 Å². The van der Waals surface area contributed by atoms with Gasteiger partial charge in [-0.05, 0) is 19.3 Å². The van der Waals surface area contributed by atoms with Crippen LogP contribution >= 0.6 is 0 Å². The third-order valence-electron chi connectivity index (χ3n) is 1.72. The molecule has 0 N–H and O–H groups in total. The molecule has 0 saturated carbocycles. The normalized spacial score (nSPS) is 9.54. The summed E-state index contributed by atoms with van der Waals surface area (Å²) in [7, 11) is 0. The predicted molar refractivity (Wildman–Crippen MR) is 59.9 cm³/mol. The zero-order valence-corrected chi connectivity index (χ0v) is 14.6. The van der Waals surface area contributed by atoms with E-state index in [9.17, 15) is 4.79 Å². The van der Waals surface area contributed by atoms with Crippen molar-refractivity contribution in [1.82, 2.24) is 0 Å². The van der Waals surface area contributed by atoms with Crippen molar-refractivity contribution < 1.29 is 9.53 Å². The zero-order valence-electron chi connectivity index (χ0n) is 9.14. The van der Waals surface area contributed by atoms with E-state index in [4.69, 9.17) is 4.74 Å². The van der Waals surface area contributed by atoms with Gasteiger partial charge < -0.3 is 4.74 Å². The van der Waals surface area contributed by atoms with Gasteiger partial charge in [0.2, 0.25) is 0 Å². The molecular formula is C10H23BiO2. The van der Waals surface area contributed by atoms with Crippen LogP contribution in [0.1, 0.15) is 46.5 Å². The monoisotopic (exact) mass is 384 g/mol. The van der Waals surface area contributed by atoms with Gasteiger partial charge in [0.05, 0.1) is 6.61 Å². The number of carbonyl (C=O) groups is 1. The van der Waals surface area contributed by atoms with Gasteiger partial charge in [0.15, 0.2) is 0 Å². The molecular weight excluding hydrogens is 361 g/mol. The number of hydrogen-bond donors (Lipinski definition) is 0. The molecule has 0 aromatic carbocycles. The average Bonchev–Trinajstić information content (AvgIpc) is 1.98. The standard InChI is InChI=1S/C10H20O2.Bi.3H/c1-4-12-10(11)8-6-5-7-9(2)3;;;;/h9H,4-8H2,1-3H3;;;;. The summed E-state index contributed by atoms with van der Waals surface area (Å²) in [6.45, 7) is 6.74. The van der Waals surface area contributed by atoms with Crippen LogP contribution in [0.4, 0.5) is 0 Å². The molecule has 0 unspecified atom stereocenters. The van der Waals surface area contributed by atoms with Gasteiger partial charge >= 0.3 is 32.2 Å². The Kier molecular flexibility index (Phi) is 12.7. The minimum atomic E-state index is -0.0544. The van der Waals surface area contributed by atoms with E-state index in [0.717, 1.165) is 18.8 Å². The van der Waals surface area contributed by atoms with Crippen molar-refractivity contribution >= 4 is 32.2 Å². The predicted octanol–water partition coefficient (Wildman–Crippen LogP) is 1.58. The first kappa shape index (κ1) is 15.8. The van der Waals surface area contributed by atoms with Crippen LogP contribution in [0.2, 0.25) is 0 Å². The van der Waals surface area contributed by atoms with Gasteiger partial charge in [-0.3, -0.25) is 4.79 Å². The molecule has 2 nitrogen and oxygen atoms in total. The molecule has 0 aromatic heterocycles. The van der Waals surface area contributed by atoms with Crippen molar-refractivity contribution in [3.05, 3.63) is 0 Å². The first-order valence-electron chi connectivity index (χ1n) is 4.82. The van der Waals surface area contributed by atoms with Crippen LogP contribution in [0.15, 0.2) is 0 Å². The molecule has 0 aliphatic heterocycles. The molecule has 80 valence electrons. The van der Waals surface area contributed by atoms with Crippen molar-refractivity contribution in [2.45, 2.75) is 46.5 Å². The van der Waals surface area contributed by atoms with Crippen LogP contribution < -0.4 is 0 Å². The molecule has 0 heterocycles. The Morgan fingerprint density at radius 1 is 1.31 bits per heavy atom. The number of esters is 1. The number of unbranched alkanes of at least 4 members (excludes halogenated alkanes) is 1. The summed E-state index contributed by atoms with van der Waals surface area (Å²) in [5.41, 5.74) is 0. The van der Waals surface area contributed by atoms with E-state index in [1.165, 1.54) is 6.42 Å². The van der Waals surface area contributed by atoms with Gasteiger partial charge in [-0.1, -0.05) is 26.7 Å². The molecule has 0 aliphatic carbocycles. The molecule has 0 radical (unpaired) electrons. The van der Waals surface area contributed by atoms with Crippen LogP contribution in [-0.4, -0.2) is 38.8 Å². The minimum absolute atomic E-state index is 0. The molecule has 0 fully saturated rings. The van der Waals surface area contributed by atoms with Crippen LogP contribution in [0.3, 0.4) is 0 Å². The summed E-state index contributed by atoms with van der Waals surface area (Å²) in [6.07, 6.45) is 3.90. The van der Waals surface area contributed by atoms with E-state index in [-0.39, 0.29) is 32.2 Å². The fourth-order valence-corrected chi connectivity index (χ4v) is 1.06. The van der Waals surface area contributed by atoms with E-state index >= 15 is 0 Å². The molecule has 13 heavy (non-hydrogen) atoms. The summed E-state index contributed by atoms with van der Waals surface area (Å²) in [6, 6.07) is 0. The third kappa shape index (κ3) is 12.4. The van der Waals surface area contributed by atoms with E-state index < -0.39 is 0 Å². The van der Waals surface area contributed by atoms with Gasteiger partial charge in [-0.2, -0.15) is 0 Å². The maximum atomic E-state index is 10.9. The van der Waals surface area contributed by atoms with Crippen molar-refractivity contribution in [2.75, 3.05) is 6.61 Å². The molecule has 0 saturated heterocycles. The summed E-state index contributed by atoms with van der Waals surface area (Å²) >= 11 is 0. The van der Waals surface area contributed by atoms with Gasteiger partial charge in [-0.15, -0.1) is 0 Å². The number of hydrogen-bond acceptors (Lipinski definition) is 2. The number of ether oxygens (including phenoxy) is 1. The van der Waals surface area contributed by atoms with Gasteiger partial charge in [-0.25, -0.2) is 0 Å². The molecule has 0 bridgehead atoms. The Hall–Kier alpha value is 0.353. The molecule has 3 heteroatoms. The second-order valence-electron chi connectivity index (χ2n) is 3.44. The third-order valence-corrected chi connectivity index (χ3v) is 1.72. The van der Waals surface area contributed by atoms with Gasteiger partial charge in [0, 0.05) is 6.42 Å². The Bertz CT molecular complexity index is 124. The SMILES string of the molecule is CCOC(=O)CCCCC(C)C.[BiH3]. The van der Waals surface area contributed by atoms with Crippen molar-refractivity contribution in [1.29, 1.82) is 0 Å². The quantitative estimate of drug-likeness (QED) is 0.395. The Morgan fingerprint density at radius 3 is 2.38 bits per heavy atom. The summed E-state index contributed by atoms with van der Waals surface area (Å²) in [4.78, 5) is 10.9. The van der Waals surface area contributed by atoms with E-state index in [1.807, 2.05) is 6.92 Å². The zero-order chi connectivity index (χ0) is 9.40. The number of carbonyl (C=O) groups excluding carboxylic acids is 1. The molecule has 0 atom stereocenters. The van der Waals surface area contributed by atoms with E-state index in [2.05, 4.69) is 13.8 Å². The van der Waals surface area contributed by atoms with Crippen LogP contribution in [0, 0.1) is 5.92 Å². The van der Waals surface area contributed by atoms with Gasteiger partial charge in [0.25, 0.3) is 0 Å². The summed E-state index contributed by atoms with van der Waals surface area (Å²) < 4.78 is 4.81. The van der Waals surface area contributed by atoms with E-state index in [1.54, 1.807) is 0 Å². The second-order valence-corrected chi connectivity index (χ2v) is 3.44. The Balaban J connectivity index is 0. The van der Waals surface area contributed by atoms with Crippen LogP contribution in [0.5, 0.6) is 0 Å². The van der Waals surface area contributed by atoms with Gasteiger partial charge in [0.1, 0.15) is 0 Å². The molecule has 0 aromatic rings. The van der Waals surface area contributed by atoms with Crippen molar-refractivity contribution in [2.24, 2.45) is 5.92 Å². The van der Waals surface area contributed by atoms with E-state index in [0.29, 0.717) is 13.0 Å². The summed E-state index contributed by atoms with van der Waals surface area (Å²) in [5, 5.41) is 0. The fraction of sp³-hybridized carbons (Fsp3) is 0.900. The van der Waals surface area contributed by atoms with Crippen LogP contribution in [-0.2, 0) is 9.53 Å². The van der Waals surface area contributed by atoms with Crippen molar-refractivity contribution in [3.63, 3.8) is 0 Å². The Labute approximate surface area is 101 Å². The first-order valence-corrected chi connectivity index (χ1v) is 4.82.